The Kier molecular flexibility index (Phi) is 2.33. The Morgan fingerprint density at radius 1 is 1.53 bits per heavy atom. The average Bonchev–Trinajstić information content (AvgIpc) is 2.59. The summed E-state index contributed by atoms with van der Waals surface area (Å²) >= 11 is 0. The quantitative estimate of drug-likeness (QED) is 0.756. The Labute approximate surface area is 89.8 Å². The second kappa shape index (κ2) is 3.40. The summed E-state index contributed by atoms with van der Waals surface area (Å²) in [6, 6.07) is 0. The number of rotatable bonds is 2. The maximum atomic E-state index is 11.6. The molecule has 0 fully saturated rings. The summed E-state index contributed by atoms with van der Waals surface area (Å²) < 4.78 is 5.01. The van der Waals surface area contributed by atoms with Gasteiger partial charge >= 0.3 is 5.97 Å². The SMILES string of the molecule is CCOC(=O)c1[nH]cc2c1CC(C)(C)C2. The number of carbonyl (C=O) groups is 1. The van der Waals surface area contributed by atoms with E-state index in [4.69, 9.17) is 4.74 Å². The molecule has 15 heavy (non-hydrogen) atoms. The highest BCUT2D eigenvalue weighted by Crippen LogP contribution is 2.37. The number of hydrogen-bond donors (Lipinski definition) is 1. The normalized spacial score (nSPS) is 17.5. The van der Waals surface area contributed by atoms with Crippen LogP contribution in [0, 0.1) is 5.41 Å². The van der Waals surface area contributed by atoms with E-state index >= 15 is 0 Å². The van der Waals surface area contributed by atoms with Gasteiger partial charge in [0.25, 0.3) is 0 Å². The van der Waals surface area contributed by atoms with Crippen LogP contribution in [0.25, 0.3) is 0 Å². The molecule has 0 radical (unpaired) electrons. The number of aromatic nitrogens is 1. The van der Waals surface area contributed by atoms with Crippen LogP contribution in [0.3, 0.4) is 0 Å². The van der Waals surface area contributed by atoms with Gasteiger partial charge in [0.05, 0.1) is 6.61 Å². The standard InChI is InChI=1S/C12H17NO2/c1-4-15-11(14)10-9-6-12(2,3)5-8(9)7-13-10/h7,13H,4-6H2,1-3H3. The van der Waals surface area contributed by atoms with Crippen LogP contribution in [-0.4, -0.2) is 17.6 Å². The summed E-state index contributed by atoms with van der Waals surface area (Å²) in [5.41, 5.74) is 3.35. The molecule has 0 aromatic carbocycles. The first-order valence-electron chi connectivity index (χ1n) is 5.40. The fourth-order valence-electron chi connectivity index (χ4n) is 2.30. The van der Waals surface area contributed by atoms with Gasteiger partial charge in [-0.1, -0.05) is 13.8 Å². The Hall–Kier alpha value is -1.25. The largest absolute Gasteiger partial charge is 0.461 e. The Morgan fingerprint density at radius 3 is 2.93 bits per heavy atom. The lowest BCUT2D eigenvalue weighted by Crippen LogP contribution is -2.13. The highest BCUT2D eigenvalue weighted by atomic mass is 16.5. The molecule has 82 valence electrons. The lowest BCUT2D eigenvalue weighted by atomic mass is 9.90. The second-order valence-electron chi connectivity index (χ2n) is 4.91. The number of H-pyrrole nitrogens is 1. The highest BCUT2D eigenvalue weighted by molar-refractivity contribution is 5.89. The number of ether oxygens (including phenoxy) is 1. The fraction of sp³-hybridized carbons (Fsp3) is 0.583. The molecule has 3 heteroatoms. The lowest BCUT2D eigenvalue weighted by molar-refractivity contribution is 0.0519. The molecule has 0 atom stereocenters. The number of hydrogen-bond acceptors (Lipinski definition) is 2. The minimum Gasteiger partial charge on any atom is -0.461 e. The van der Waals surface area contributed by atoms with Crippen molar-refractivity contribution in [3.8, 4) is 0 Å². The van der Waals surface area contributed by atoms with Crippen LogP contribution in [0.4, 0.5) is 0 Å². The third kappa shape index (κ3) is 1.78. The van der Waals surface area contributed by atoms with Gasteiger partial charge in [0.2, 0.25) is 0 Å². The van der Waals surface area contributed by atoms with E-state index in [9.17, 15) is 4.79 Å². The predicted molar refractivity (Wildman–Crippen MR) is 57.9 cm³/mol. The van der Waals surface area contributed by atoms with E-state index in [0.717, 1.165) is 18.4 Å². The van der Waals surface area contributed by atoms with Gasteiger partial charge < -0.3 is 9.72 Å². The molecule has 0 saturated heterocycles. The van der Waals surface area contributed by atoms with Gasteiger partial charge in [-0.2, -0.15) is 0 Å². The van der Waals surface area contributed by atoms with Crippen molar-refractivity contribution in [1.82, 2.24) is 4.98 Å². The third-order valence-electron chi connectivity index (χ3n) is 2.88. The summed E-state index contributed by atoms with van der Waals surface area (Å²) in [5, 5.41) is 0. The summed E-state index contributed by atoms with van der Waals surface area (Å²) in [7, 11) is 0. The number of carbonyl (C=O) groups excluding carboxylic acids is 1. The molecule has 0 bridgehead atoms. The minimum atomic E-state index is -0.226. The predicted octanol–water partition coefficient (Wildman–Crippen LogP) is 2.32. The molecule has 1 N–H and O–H groups in total. The maximum absolute atomic E-state index is 11.6. The number of aromatic amines is 1. The molecule has 0 aliphatic heterocycles. The van der Waals surface area contributed by atoms with Crippen molar-refractivity contribution in [2.75, 3.05) is 6.61 Å². The molecule has 3 nitrogen and oxygen atoms in total. The van der Waals surface area contributed by atoms with E-state index in [1.165, 1.54) is 5.56 Å². The molecule has 2 rings (SSSR count). The second-order valence-corrected chi connectivity index (χ2v) is 4.91. The van der Waals surface area contributed by atoms with E-state index in [-0.39, 0.29) is 11.4 Å². The summed E-state index contributed by atoms with van der Waals surface area (Å²) in [6.45, 7) is 6.70. The summed E-state index contributed by atoms with van der Waals surface area (Å²) in [6.07, 6.45) is 3.94. The van der Waals surface area contributed by atoms with Crippen molar-refractivity contribution in [3.63, 3.8) is 0 Å². The Morgan fingerprint density at radius 2 is 2.27 bits per heavy atom. The smallest absolute Gasteiger partial charge is 0.355 e. The minimum absolute atomic E-state index is 0.226. The summed E-state index contributed by atoms with van der Waals surface area (Å²) in [4.78, 5) is 14.6. The number of fused-ring (bicyclic) bond motifs is 1. The molecule has 1 aromatic rings. The molecule has 1 aliphatic rings. The summed E-state index contributed by atoms with van der Waals surface area (Å²) in [5.74, 6) is -0.226. The van der Waals surface area contributed by atoms with Crippen LogP contribution in [0.5, 0.6) is 0 Å². The zero-order chi connectivity index (χ0) is 11.1. The average molecular weight is 207 g/mol. The molecule has 1 aliphatic carbocycles. The van der Waals surface area contributed by atoms with Crippen LogP contribution < -0.4 is 0 Å². The van der Waals surface area contributed by atoms with Crippen molar-refractivity contribution >= 4 is 5.97 Å². The first-order valence-corrected chi connectivity index (χ1v) is 5.40. The van der Waals surface area contributed by atoms with Crippen LogP contribution in [0.2, 0.25) is 0 Å². The molecule has 1 heterocycles. The molecule has 0 spiro atoms. The van der Waals surface area contributed by atoms with Crippen molar-refractivity contribution < 1.29 is 9.53 Å². The van der Waals surface area contributed by atoms with Crippen molar-refractivity contribution in [2.45, 2.75) is 33.6 Å². The number of esters is 1. The first kappa shape index (κ1) is 10.3. The van der Waals surface area contributed by atoms with E-state index in [1.54, 1.807) is 0 Å². The molecule has 0 saturated carbocycles. The van der Waals surface area contributed by atoms with Crippen molar-refractivity contribution in [3.05, 3.63) is 23.0 Å². The number of nitrogens with one attached hydrogen (secondary N) is 1. The highest BCUT2D eigenvalue weighted by Gasteiger charge is 2.33. The molecular weight excluding hydrogens is 190 g/mol. The van der Waals surface area contributed by atoms with Crippen LogP contribution in [-0.2, 0) is 17.6 Å². The van der Waals surface area contributed by atoms with Crippen molar-refractivity contribution in [1.29, 1.82) is 0 Å². The van der Waals surface area contributed by atoms with E-state index in [0.29, 0.717) is 12.3 Å². The zero-order valence-corrected chi connectivity index (χ0v) is 9.52. The zero-order valence-electron chi connectivity index (χ0n) is 9.52. The Bertz CT molecular complexity index is 390. The topological polar surface area (TPSA) is 42.1 Å². The van der Waals surface area contributed by atoms with E-state index in [2.05, 4.69) is 18.8 Å². The van der Waals surface area contributed by atoms with E-state index < -0.39 is 0 Å². The third-order valence-corrected chi connectivity index (χ3v) is 2.88. The van der Waals surface area contributed by atoms with Gasteiger partial charge in [-0.3, -0.25) is 0 Å². The first-order chi connectivity index (χ1) is 7.03. The van der Waals surface area contributed by atoms with E-state index in [1.807, 2.05) is 13.1 Å². The monoisotopic (exact) mass is 207 g/mol. The molecule has 0 unspecified atom stereocenters. The lowest BCUT2D eigenvalue weighted by Gasteiger charge is -2.15. The van der Waals surface area contributed by atoms with Gasteiger partial charge in [0.1, 0.15) is 5.69 Å². The molecule has 1 aromatic heterocycles. The Balaban J connectivity index is 2.27. The molecular formula is C12H17NO2. The van der Waals surface area contributed by atoms with Gasteiger partial charge in [0.15, 0.2) is 0 Å². The van der Waals surface area contributed by atoms with Crippen molar-refractivity contribution in [2.24, 2.45) is 5.41 Å². The van der Waals surface area contributed by atoms with Crippen LogP contribution >= 0.6 is 0 Å². The van der Waals surface area contributed by atoms with Gasteiger partial charge in [-0.25, -0.2) is 4.79 Å². The van der Waals surface area contributed by atoms with Crippen LogP contribution in [0.1, 0.15) is 42.4 Å². The van der Waals surface area contributed by atoms with Crippen LogP contribution in [0.15, 0.2) is 6.20 Å². The maximum Gasteiger partial charge on any atom is 0.355 e. The van der Waals surface area contributed by atoms with Gasteiger partial charge in [-0.05, 0) is 36.3 Å². The fourth-order valence-corrected chi connectivity index (χ4v) is 2.30. The van der Waals surface area contributed by atoms with Gasteiger partial charge in [0, 0.05) is 6.20 Å². The molecule has 0 amide bonds. The van der Waals surface area contributed by atoms with Gasteiger partial charge in [-0.15, -0.1) is 0 Å².